The van der Waals surface area contributed by atoms with Crippen LogP contribution in [0.5, 0.6) is 5.75 Å². The average molecular weight is 340 g/mol. The van der Waals surface area contributed by atoms with E-state index < -0.39 is 0 Å². The van der Waals surface area contributed by atoms with Crippen molar-refractivity contribution in [3.8, 4) is 5.75 Å². The second-order valence-corrected chi connectivity index (χ2v) is 6.35. The van der Waals surface area contributed by atoms with E-state index in [-0.39, 0.29) is 5.91 Å². The lowest BCUT2D eigenvalue weighted by atomic mass is 9.98. The zero-order valence-corrected chi connectivity index (χ0v) is 15.6. The molecule has 0 heterocycles. The molecule has 0 atom stereocenters. The van der Waals surface area contributed by atoms with Crippen LogP contribution in [0.2, 0.25) is 0 Å². The van der Waals surface area contributed by atoms with Gasteiger partial charge in [-0.15, -0.1) is 0 Å². The summed E-state index contributed by atoms with van der Waals surface area (Å²) in [5.41, 5.74) is 4.12. The minimum absolute atomic E-state index is 0.0117. The third-order valence-electron chi connectivity index (χ3n) is 4.05. The smallest absolute Gasteiger partial charge is 0.226 e. The number of rotatable bonds is 8. The van der Waals surface area contributed by atoms with Gasteiger partial charge in [0.1, 0.15) is 5.75 Å². The molecule has 0 spiro atoms. The Hall–Kier alpha value is -2.49. The molecular formula is C21H28N2O2. The van der Waals surface area contributed by atoms with E-state index in [1.54, 1.807) is 0 Å². The number of benzene rings is 2. The van der Waals surface area contributed by atoms with E-state index in [0.717, 1.165) is 22.7 Å². The molecule has 0 radical (unpaired) electrons. The molecule has 1 amide bonds. The Balaban J connectivity index is 1.94. The maximum absolute atomic E-state index is 12.4. The molecular weight excluding hydrogens is 312 g/mol. The number of aryl methyl sites for hydroxylation is 1. The molecule has 2 rings (SSSR count). The summed E-state index contributed by atoms with van der Waals surface area (Å²) >= 11 is 0. The molecule has 4 nitrogen and oxygen atoms in total. The van der Waals surface area contributed by atoms with Crippen molar-refractivity contribution < 1.29 is 9.53 Å². The number of carbonyl (C=O) groups is 1. The summed E-state index contributed by atoms with van der Waals surface area (Å²) in [5.74, 6) is 1.19. The lowest BCUT2D eigenvalue weighted by Gasteiger charge is -2.17. The minimum Gasteiger partial charge on any atom is -0.492 e. The summed E-state index contributed by atoms with van der Waals surface area (Å²) in [6, 6.07) is 13.9. The van der Waals surface area contributed by atoms with E-state index in [9.17, 15) is 4.79 Å². The van der Waals surface area contributed by atoms with Crippen molar-refractivity contribution >= 4 is 17.3 Å². The minimum atomic E-state index is 0.0117. The Morgan fingerprint density at radius 1 is 1.12 bits per heavy atom. The second kappa shape index (κ2) is 9.11. The van der Waals surface area contributed by atoms with Gasteiger partial charge in [-0.2, -0.15) is 0 Å². The Labute approximate surface area is 150 Å². The summed E-state index contributed by atoms with van der Waals surface area (Å²) < 4.78 is 5.58. The molecule has 0 aromatic heterocycles. The first-order valence-corrected chi connectivity index (χ1v) is 8.88. The van der Waals surface area contributed by atoms with E-state index >= 15 is 0 Å². The van der Waals surface area contributed by atoms with Crippen molar-refractivity contribution in [2.75, 3.05) is 23.8 Å². The van der Waals surface area contributed by atoms with Gasteiger partial charge in [-0.05, 0) is 43.0 Å². The summed E-state index contributed by atoms with van der Waals surface area (Å²) in [6.45, 7) is 9.42. The van der Waals surface area contributed by atoms with Crippen LogP contribution in [-0.4, -0.2) is 19.1 Å². The van der Waals surface area contributed by atoms with Crippen LogP contribution in [0.4, 0.5) is 11.4 Å². The normalized spacial score (nSPS) is 10.6. The molecule has 25 heavy (non-hydrogen) atoms. The van der Waals surface area contributed by atoms with E-state index in [4.69, 9.17) is 4.74 Å². The van der Waals surface area contributed by atoms with Crippen LogP contribution in [-0.2, 0) is 4.79 Å². The van der Waals surface area contributed by atoms with Crippen molar-refractivity contribution in [2.24, 2.45) is 0 Å². The molecule has 0 fully saturated rings. The first-order chi connectivity index (χ1) is 12.0. The fourth-order valence-electron chi connectivity index (χ4n) is 2.75. The number of para-hydroxylation sites is 3. The van der Waals surface area contributed by atoms with Crippen LogP contribution in [0.1, 0.15) is 44.2 Å². The fraction of sp³-hybridized carbons (Fsp3) is 0.381. The summed E-state index contributed by atoms with van der Waals surface area (Å²) in [5, 5.41) is 6.36. The number of nitrogens with one attached hydrogen (secondary N) is 2. The lowest BCUT2D eigenvalue weighted by Crippen LogP contribution is -2.18. The van der Waals surface area contributed by atoms with Gasteiger partial charge < -0.3 is 15.4 Å². The molecule has 0 bridgehead atoms. The van der Waals surface area contributed by atoms with Gasteiger partial charge in [0.2, 0.25) is 5.91 Å². The van der Waals surface area contributed by atoms with Crippen molar-refractivity contribution in [3.63, 3.8) is 0 Å². The molecule has 2 aromatic rings. The van der Waals surface area contributed by atoms with Crippen molar-refractivity contribution in [2.45, 2.75) is 40.0 Å². The van der Waals surface area contributed by atoms with Crippen LogP contribution in [0.25, 0.3) is 0 Å². The molecule has 0 saturated carbocycles. The fourth-order valence-corrected chi connectivity index (χ4v) is 2.75. The molecule has 0 aliphatic heterocycles. The van der Waals surface area contributed by atoms with Crippen molar-refractivity contribution in [3.05, 3.63) is 53.6 Å². The number of amides is 1. The molecule has 0 aliphatic carbocycles. The average Bonchev–Trinajstić information content (AvgIpc) is 2.58. The third kappa shape index (κ3) is 5.24. The van der Waals surface area contributed by atoms with Crippen molar-refractivity contribution in [1.82, 2.24) is 0 Å². The SMILES string of the molecule is CCOc1ccccc1NCCC(=O)Nc1c(C)cccc1C(C)C. The van der Waals surface area contributed by atoms with Gasteiger partial charge in [-0.1, -0.05) is 44.2 Å². The molecule has 0 aliphatic rings. The van der Waals surface area contributed by atoms with Crippen molar-refractivity contribution in [1.29, 1.82) is 0 Å². The number of ether oxygens (including phenoxy) is 1. The van der Waals surface area contributed by atoms with E-state index in [0.29, 0.717) is 25.5 Å². The molecule has 0 saturated heterocycles. The number of hydrogen-bond donors (Lipinski definition) is 2. The number of anilines is 2. The van der Waals surface area contributed by atoms with E-state index in [1.165, 1.54) is 5.56 Å². The molecule has 2 N–H and O–H groups in total. The van der Waals surface area contributed by atoms with Crippen LogP contribution in [0, 0.1) is 6.92 Å². The zero-order valence-electron chi connectivity index (χ0n) is 15.6. The predicted octanol–water partition coefficient (Wildman–Crippen LogP) is 4.96. The van der Waals surface area contributed by atoms with Gasteiger partial charge in [-0.25, -0.2) is 0 Å². The lowest BCUT2D eigenvalue weighted by molar-refractivity contribution is -0.116. The van der Waals surface area contributed by atoms with Crippen LogP contribution >= 0.6 is 0 Å². The monoisotopic (exact) mass is 340 g/mol. The Morgan fingerprint density at radius 2 is 1.88 bits per heavy atom. The molecule has 0 unspecified atom stereocenters. The van der Waals surface area contributed by atoms with Gasteiger partial charge >= 0.3 is 0 Å². The molecule has 2 aromatic carbocycles. The predicted molar refractivity (Wildman–Crippen MR) is 105 cm³/mol. The first-order valence-electron chi connectivity index (χ1n) is 8.88. The highest BCUT2D eigenvalue weighted by atomic mass is 16.5. The first kappa shape index (κ1) is 18.8. The Bertz CT molecular complexity index is 711. The number of carbonyl (C=O) groups excluding carboxylic acids is 1. The zero-order chi connectivity index (χ0) is 18.2. The third-order valence-corrected chi connectivity index (χ3v) is 4.05. The summed E-state index contributed by atoms with van der Waals surface area (Å²) in [7, 11) is 0. The Morgan fingerprint density at radius 3 is 2.60 bits per heavy atom. The van der Waals surface area contributed by atoms with Crippen LogP contribution in [0.15, 0.2) is 42.5 Å². The summed E-state index contributed by atoms with van der Waals surface area (Å²) in [6.07, 6.45) is 0.395. The molecule has 134 valence electrons. The van der Waals surface area contributed by atoms with Gasteiger partial charge in [-0.3, -0.25) is 4.79 Å². The van der Waals surface area contributed by atoms with Gasteiger partial charge in [0.05, 0.1) is 12.3 Å². The molecule has 4 heteroatoms. The maximum Gasteiger partial charge on any atom is 0.226 e. The van der Waals surface area contributed by atoms with Gasteiger partial charge in [0.15, 0.2) is 0 Å². The van der Waals surface area contributed by atoms with E-state index in [2.05, 4.69) is 30.5 Å². The van der Waals surface area contributed by atoms with E-state index in [1.807, 2.05) is 50.2 Å². The van der Waals surface area contributed by atoms with Gasteiger partial charge in [0.25, 0.3) is 0 Å². The highest BCUT2D eigenvalue weighted by Gasteiger charge is 2.12. The largest absolute Gasteiger partial charge is 0.492 e. The highest BCUT2D eigenvalue weighted by molar-refractivity contribution is 5.92. The topological polar surface area (TPSA) is 50.4 Å². The quantitative estimate of drug-likeness (QED) is 0.714. The maximum atomic E-state index is 12.4. The van der Waals surface area contributed by atoms with Crippen LogP contribution in [0.3, 0.4) is 0 Å². The second-order valence-electron chi connectivity index (χ2n) is 6.35. The van der Waals surface area contributed by atoms with Crippen LogP contribution < -0.4 is 15.4 Å². The Kier molecular flexibility index (Phi) is 6.87. The standard InChI is InChI=1S/C21H28N2O2/c1-5-25-19-12-7-6-11-18(19)22-14-13-20(24)23-21-16(4)9-8-10-17(21)15(2)3/h6-12,15,22H,5,13-14H2,1-4H3,(H,23,24). The highest BCUT2D eigenvalue weighted by Crippen LogP contribution is 2.27. The number of hydrogen-bond acceptors (Lipinski definition) is 3. The summed E-state index contributed by atoms with van der Waals surface area (Å²) in [4.78, 5) is 12.4. The van der Waals surface area contributed by atoms with Gasteiger partial charge in [0, 0.05) is 18.7 Å².